The Balaban J connectivity index is 1.43. The van der Waals surface area contributed by atoms with Crippen molar-refractivity contribution in [3.8, 4) is 11.3 Å². The molecular formula is C30H36F3N5O3. The van der Waals surface area contributed by atoms with Crippen LogP contribution in [0.25, 0.3) is 16.9 Å². The number of carbonyl (C=O) groups is 2. The van der Waals surface area contributed by atoms with Gasteiger partial charge in [-0.15, -0.1) is 0 Å². The van der Waals surface area contributed by atoms with Crippen molar-refractivity contribution in [2.45, 2.75) is 77.1 Å². The number of fused-ring (bicyclic) bond motifs is 1. The van der Waals surface area contributed by atoms with Crippen molar-refractivity contribution in [3.05, 3.63) is 53.3 Å². The quantitative estimate of drug-likeness (QED) is 0.481. The smallest absolute Gasteiger partial charge is 0.390 e. The molecule has 0 atom stereocenters. The molecule has 41 heavy (non-hydrogen) atoms. The SMILES string of the molecule is CC1(O)CC(C(=O)N2CCN(C(=O)c3cn4nc(-c5ccc(C(F)(F)F)cc5)cc(C(C)(C)C)c4n3)C(C)(C)C2)C1. The van der Waals surface area contributed by atoms with Crippen molar-refractivity contribution >= 4 is 17.5 Å². The third-order valence-electron chi connectivity index (χ3n) is 8.14. The largest absolute Gasteiger partial charge is 0.416 e. The molecule has 0 bridgehead atoms. The zero-order valence-corrected chi connectivity index (χ0v) is 24.2. The average Bonchev–Trinajstić information content (AvgIpc) is 3.28. The molecule has 2 fully saturated rings. The van der Waals surface area contributed by atoms with Crippen molar-refractivity contribution < 1.29 is 27.9 Å². The van der Waals surface area contributed by atoms with E-state index >= 15 is 0 Å². The normalized spacial score (nSPS) is 23.0. The van der Waals surface area contributed by atoms with Crippen LogP contribution in [0.2, 0.25) is 0 Å². The lowest BCUT2D eigenvalue weighted by atomic mass is 9.71. The van der Waals surface area contributed by atoms with Gasteiger partial charge < -0.3 is 14.9 Å². The summed E-state index contributed by atoms with van der Waals surface area (Å²) >= 11 is 0. The molecule has 1 saturated heterocycles. The molecule has 1 N–H and O–H groups in total. The zero-order valence-electron chi connectivity index (χ0n) is 24.2. The number of amides is 2. The molecule has 0 spiro atoms. The number of halogens is 3. The molecule has 1 aliphatic heterocycles. The van der Waals surface area contributed by atoms with Crippen molar-refractivity contribution in [2.75, 3.05) is 19.6 Å². The van der Waals surface area contributed by atoms with Crippen molar-refractivity contribution in [2.24, 2.45) is 5.92 Å². The summed E-state index contributed by atoms with van der Waals surface area (Å²) in [7, 11) is 0. The van der Waals surface area contributed by atoms with Gasteiger partial charge in [0.05, 0.1) is 28.6 Å². The summed E-state index contributed by atoms with van der Waals surface area (Å²) in [6, 6.07) is 6.65. The fourth-order valence-electron chi connectivity index (χ4n) is 5.90. The van der Waals surface area contributed by atoms with E-state index < -0.39 is 28.3 Å². The van der Waals surface area contributed by atoms with Gasteiger partial charge in [0, 0.05) is 36.7 Å². The van der Waals surface area contributed by atoms with E-state index in [2.05, 4.69) is 10.1 Å². The maximum absolute atomic E-state index is 13.8. The molecular weight excluding hydrogens is 535 g/mol. The molecule has 2 aromatic heterocycles. The van der Waals surface area contributed by atoms with Gasteiger partial charge in [0.15, 0.2) is 5.65 Å². The predicted octanol–water partition coefficient (Wildman–Crippen LogP) is 4.94. The molecule has 1 saturated carbocycles. The number of hydrogen-bond acceptors (Lipinski definition) is 5. The van der Waals surface area contributed by atoms with E-state index in [1.54, 1.807) is 22.9 Å². The second kappa shape index (κ2) is 9.54. The first-order chi connectivity index (χ1) is 18.9. The lowest BCUT2D eigenvalue weighted by Gasteiger charge is -2.49. The highest BCUT2D eigenvalue weighted by Crippen LogP contribution is 2.39. The second-order valence-electron chi connectivity index (χ2n) is 13.3. The van der Waals surface area contributed by atoms with Crippen LogP contribution in [0.3, 0.4) is 0 Å². The minimum absolute atomic E-state index is 0.0132. The Bertz CT molecular complexity index is 1490. The van der Waals surface area contributed by atoms with Gasteiger partial charge in [-0.05, 0) is 57.2 Å². The average molecular weight is 572 g/mol. The Labute approximate surface area is 237 Å². The summed E-state index contributed by atoms with van der Waals surface area (Å²) in [5.74, 6) is -0.461. The first-order valence-electron chi connectivity index (χ1n) is 13.8. The molecule has 2 amide bonds. The van der Waals surface area contributed by atoms with E-state index in [0.717, 1.165) is 17.7 Å². The molecule has 1 aliphatic carbocycles. The third-order valence-corrected chi connectivity index (χ3v) is 8.14. The molecule has 0 unspecified atom stereocenters. The minimum atomic E-state index is -4.43. The van der Waals surface area contributed by atoms with Crippen LogP contribution in [-0.4, -0.2) is 72.1 Å². The summed E-state index contributed by atoms with van der Waals surface area (Å²) in [5, 5.41) is 14.7. The van der Waals surface area contributed by atoms with Crippen LogP contribution in [0.15, 0.2) is 36.5 Å². The Kier molecular flexibility index (Phi) is 6.76. The van der Waals surface area contributed by atoms with Gasteiger partial charge in [0.25, 0.3) is 5.91 Å². The predicted molar refractivity (Wildman–Crippen MR) is 147 cm³/mol. The number of hydrogen-bond donors (Lipinski definition) is 1. The van der Waals surface area contributed by atoms with E-state index in [0.29, 0.717) is 49.4 Å². The van der Waals surface area contributed by atoms with Crippen LogP contribution >= 0.6 is 0 Å². The maximum Gasteiger partial charge on any atom is 0.416 e. The molecule has 0 radical (unpaired) electrons. The number of alkyl halides is 3. The van der Waals surface area contributed by atoms with E-state index in [1.165, 1.54) is 16.6 Å². The maximum atomic E-state index is 13.8. The van der Waals surface area contributed by atoms with E-state index in [4.69, 9.17) is 0 Å². The van der Waals surface area contributed by atoms with Crippen LogP contribution in [0, 0.1) is 5.92 Å². The number of piperazine rings is 1. The van der Waals surface area contributed by atoms with Crippen molar-refractivity contribution in [1.29, 1.82) is 0 Å². The Morgan fingerprint density at radius 3 is 2.20 bits per heavy atom. The molecule has 8 nitrogen and oxygen atoms in total. The van der Waals surface area contributed by atoms with Gasteiger partial charge >= 0.3 is 6.18 Å². The van der Waals surface area contributed by atoms with Crippen LogP contribution in [-0.2, 0) is 16.4 Å². The fourth-order valence-corrected chi connectivity index (χ4v) is 5.90. The Morgan fingerprint density at radius 1 is 1.02 bits per heavy atom. The van der Waals surface area contributed by atoms with Gasteiger partial charge in [-0.25, -0.2) is 9.50 Å². The number of aliphatic hydroxyl groups is 1. The molecule has 220 valence electrons. The first kappa shape index (κ1) is 29.0. The van der Waals surface area contributed by atoms with E-state index in [1.807, 2.05) is 40.7 Å². The number of nitrogens with zero attached hydrogens (tertiary/aromatic N) is 5. The summed E-state index contributed by atoms with van der Waals surface area (Å²) in [5.41, 5.74) is -0.0895. The topological polar surface area (TPSA) is 91.0 Å². The standard InChI is InChI=1S/C30H36F3N5O3/c1-27(2,3)21-13-22(18-7-9-20(10-8-18)30(31,32)33)35-38-16-23(34-24(21)38)26(40)37-12-11-36(17-28(37,4)5)25(39)19-14-29(6,41)15-19/h7-10,13,16,19,41H,11-12,14-15,17H2,1-6H3. The number of carbonyl (C=O) groups excluding carboxylic acids is 2. The summed E-state index contributed by atoms with van der Waals surface area (Å²) in [6.07, 6.45) is -1.98. The highest BCUT2D eigenvalue weighted by Gasteiger charge is 2.47. The lowest BCUT2D eigenvalue weighted by molar-refractivity contribution is -0.153. The minimum Gasteiger partial charge on any atom is -0.390 e. The van der Waals surface area contributed by atoms with Gasteiger partial charge in [-0.3, -0.25) is 9.59 Å². The zero-order chi connectivity index (χ0) is 30.1. The molecule has 1 aromatic carbocycles. The molecule has 3 heterocycles. The summed E-state index contributed by atoms with van der Waals surface area (Å²) < 4.78 is 40.8. The van der Waals surface area contributed by atoms with Gasteiger partial charge in [0.1, 0.15) is 5.69 Å². The van der Waals surface area contributed by atoms with E-state index in [9.17, 15) is 27.9 Å². The van der Waals surface area contributed by atoms with E-state index in [-0.39, 0.29) is 23.4 Å². The third kappa shape index (κ3) is 5.56. The lowest BCUT2D eigenvalue weighted by Crippen LogP contribution is -2.63. The number of aromatic nitrogens is 3. The second-order valence-corrected chi connectivity index (χ2v) is 13.3. The van der Waals surface area contributed by atoms with Crippen molar-refractivity contribution in [3.63, 3.8) is 0 Å². The summed E-state index contributed by atoms with van der Waals surface area (Å²) in [4.78, 5) is 35.0. The fraction of sp³-hybridized carbons (Fsp3) is 0.533. The molecule has 5 rings (SSSR count). The number of rotatable bonds is 3. The van der Waals surface area contributed by atoms with Crippen LogP contribution in [0.1, 0.15) is 76.0 Å². The van der Waals surface area contributed by atoms with Crippen LogP contribution < -0.4 is 0 Å². The summed E-state index contributed by atoms with van der Waals surface area (Å²) in [6.45, 7) is 12.7. The number of benzene rings is 1. The monoisotopic (exact) mass is 571 g/mol. The van der Waals surface area contributed by atoms with Gasteiger partial charge in [-0.1, -0.05) is 32.9 Å². The molecule has 11 heteroatoms. The Morgan fingerprint density at radius 2 is 1.66 bits per heavy atom. The Hall–Kier alpha value is -3.47. The highest BCUT2D eigenvalue weighted by molar-refractivity contribution is 5.94. The van der Waals surface area contributed by atoms with Crippen molar-refractivity contribution in [1.82, 2.24) is 24.4 Å². The number of imidazole rings is 1. The molecule has 2 aliphatic rings. The molecule has 3 aromatic rings. The van der Waals surface area contributed by atoms with Gasteiger partial charge in [0.2, 0.25) is 5.91 Å². The van der Waals surface area contributed by atoms with Crippen LogP contribution in [0.5, 0.6) is 0 Å². The van der Waals surface area contributed by atoms with Crippen LogP contribution in [0.4, 0.5) is 13.2 Å². The first-order valence-corrected chi connectivity index (χ1v) is 13.8. The van der Waals surface area contributed by atoms with Gasteiger partial charge in [-0.2, -0.15) is 18.3 Å². The highest BCUT2D eigenvalue weighted by atomic mass is 19.4.